The van der Waals surface area contributed by atoms with Crippen molar-refractivity contribution in [1.82, 2.24) is 4.98 Å². The van der Waals surface area contributed by atoms with Crippen LogP contribution < -0.4 is 19.1 Å². The average molecular weight is 447 g/mol. The Morgan fingerprint density at radius 3 is 2.30 bits per heavy atom. The van der Waals surface area contributed by atoms with Crippen molar-refractivity contribution in [2.24, 2.45) is 0 Å². The summed E-state index contributed by atoms with van der Waals surface area (Å²) >= 11 is 0. The molecule has 1 amide bonds. The third-order valence-corrected chi connectivity index (χ3v) is 5.52. The Bertz CT molecular complexity index is 1270. The molecule has 0 atom stereocenters. The number of hydrogen-bond acceptors (Lipinski definition) is 6. The number of nitrogens with zero attached hydrogens (tertiary/aromatic N) is 2. The fourth-order valence-electron chi connectivity index (χ4n) is 3.84. The molecule has 0 saturated carbocycles. The molecule has 0 aliphatic heterocycles. The number of aryl methyl sites for hydroxylation is 2. The van der Waals surface area contributed by atoms with Gasteiger partial charge in [-0.15, -0.1) is 0 Å². The Morgan fingerprint density at radius 2 is 1.70 bits per heavy atom. The number of benzene rings is 2. The fourth-order valence-corrected chi connectivity index (χ4v) is 3.84. The van der Waals surface area contributed by atoms with Crippen molar-refractivity contribution in [3.63, 3.8) is 0 Å². The number of fused-ring (bicyclic) bond motifs is 1. The topological polar surface area (TPSA) is 74.0 Å². The predicted octanol–water partition coefficient (Wildman–Crippen LogP) is 5.32. The Balaban J connectivity index is 1.79. The van der Waals surface area contributed by atoms with Crippen molar-refractivity contribution in [3.8, 4) is 17.2 Å². The maximum absolute atomic E-state index is 13.8. The molecule has 7 heteroatoms. The van der Waals surface area contributed by atoms with Crippen LogP contribution in [0.25, 0.3) is 11.0 Å². The minimum atomic E-state index is -0.284. The van der Waals surface area contributed by atoms with Crippen molar-refractivity contribution in [1.29, 1.82) is 0 Å². The minimum absolute atomic E-state index is 0.224. The largest absolute Gasteiger partial charge is 0.493 e. The molecule has 0 fully saturated rings. The number of rotatable bonds is 7. The molecule has 33 heavy (non-hydrogen) atoms. The summed E-state index contributed by atoms with van der Waals surface area (Å²) in [6.45, 7) is 4.11. The molecular weight excluding hydrogens is 420 g/mol. The highest BCUT2D eigenvalue weighted by molar-refractivity contribution is 6.07. The number of aromatic nitrogens is 1. The van der Waals surface area contributed by atoms with E-state index >= 15 is 0 Å². The molecule has 7 nitrogen and oxygen atoms in total. The second-order valence-corrected chi connectivity index (χ2v) is 7.67. The van der Waals surface area contributed by atoms with E-state index in [0.717, 1.165) is 22.1 Å². The molecule has 0 radical (unpaired) electrons. The number of furan rings is 1. The third-order valence-electron chi connectivity index (χ3n) is 5.52. The molecule has 2 aromatic carbocycles. The smallest absolute Gasteiger partial charge is 0.295 e. The van der Waals surface area contributed by atoms with E-state index in [0.29, 0.717) is 28.6 Å². The van der Waals surface area contributed by atoms with Gasteiger partial charge in [0.05, 0.1) is 27.9 Å². The van der Waals surface area contributed by atoms with Crippen molar-refractivity contribution in [2.75, 3.05) is 26.2 Å². The first-order valence-electron chi connectivity index (χ1n) is 10.5. The molecule has 2 aromatic heterocycles. The van der Waals surface area contributed by atoms with Crippen molar-refractivity contribution in [2.45, 2.75) is 20.4 Å². The van der Waals surface area contributed by atoms with Crippen molar-refractivity contribution in [3.05, 3.63) is 77.2 Å². The second-order valence-electron chi connectivity index (χ2n) is 7.67. The number of pyridine rings is 1. The lowest BCUT2D eigenvalue weighted by Crippen LogP contribution is -2.31. The van der Waals surface area contributed by atoms with Crippen molar-refractivity contribution < 1.29 is 23.4 Å². The lowest BCUT2D eigenvalue weighted by Gasteiger charge is -2.22. The number of carbonyl (C=O) groups excluding carboxylic acids is 1. The van der Waals surface area contributed by atoms with Gasteiger partial charge in [-0.1, -0.05) is 18.2 Å². The summed E-state index contributed by atoms with van der Waals surface area (Å²) in [5.41, 5.74) is 3.33. The van der Waals surface area contributed by atoms with Gasteiger partial charge in [-0.2, -0.15) is 0 Å². The first-order chi connectivity index (χ1) is 16.0. The van der Waals surface area contributed by atoms with Gasteiger partial charge in [-0.05, 0) is 55.3 Å². The monoisotopic (exact) mass is 446 g/mol. The number of amides is 1. The zero-order valence-electron chi connectivity index (χ0n) is 19.3. The lowest BCUT2D eigenvalue weighted by atomic mass is 10.1. The molecule has 0 spiro atoms. The quantitative estimate of drug-likeness (QED) is 0.383. The standard InChI is InChI=1S/C26H26N2O5/c1-16-9-10-19-17(2)24(33-20(19)12-16)26(29)28(23-8-6-7-11-27-23)15-18-13-21(30-3)25(32-5)22(14-18)31-4/h6-14H,15H2,1-5H3. The van der Waals surface area contributed by atoms with Gasteiger partial charge in [-0.25, -0.2) is 4.98 Å². The Labute approximate surface area is 192 Å². The summed E-state index contributed by atoms with van der Waals surface area (Å²) in [5, 5.41) is 0.915. The summed E-state index contributed by atoms with van der Waals surface area (Å²) in [7, 11) is 4.67. The normalized spacial score (nSPS) is 10.8. The van der Waals surface area contributed by atoms with E-state index in [-0.39, 0.29) is 18.2 Å². The molecule has 0 saturated heterocycles. The van der Waals surface area contributed by atoms with Gasteiger partial charge in [0.25, 0.3) is 5.91 Å². The highest BCUT2D eigenvalue weighted by Gasteiger charge is 2.26. The van der Waals surface area contributed by atoms with Crippen LogP contribution >= 0.6 is 0 Å². The summed E-state index contributed by atoms with van der Waals surface area (Å²) in [4.78, 5) is 19.8. The number of methoxy groups -OCH3 is 3. The third kappa shape index (κ3) is 4.22. The van der Waals surface area contributed by atoms with Gasteiger partial charge in [-0.3, -0.25) is 9.69 Å². The lowest BCUT2D eigenvalue weighted by molar-refractivity contribution is 0.0958. The summed E-state index contributed by atoms with van der Waals surface area (Å²) in [6.07, 6.45) is 1.65. The molecule has 2 heterocycles. The first-order valence-corrected chi connectivity index (χ1v) is 10.5. The van der Waals surface area contributed by atoms with E-state index in [1.54, 1.807) is 44.6 Å². The molecular formula is C26H26N2O5. The van der Waals surface area contributed by atoms with Crippen LogP contribution in [0.4, 0.5) is 5.82 Å². The van der Waals surface area contributed by atoms with Crippen molar-refractivity contribution >= 4 is 22.7 Å². The van der Waals surface area contributed by atoms with E-state index in [1.165, 1.54) is 0 Å². The molecule has 0 aliphatic rings. The van der Waals surface area contributed by atoms with Crippen LogP contribution in [0.3, 0.4) is 0 Å². The zero-order chi connectivity index (χ0) is 23.5. The van der Waals surface area contributed by atoms with Crippen LogP contribution in [0.5, 0.6) is 17.2 Å². The van der Waals surface area contributed by atoms with Gasteiger partial charge in [0.1, 0.15) is 11.4 Å². The van der Waals surface area contributed by atoms with E-state index in [9.17, 15) is 4.79 Å². The molecule has 4 aromatic rings. The maximum atomic E-state index is 13.8. The number of anilines is 1. The fraction of sp³-hybridized carbons (Fsp3) is 0.231. The number of ether oxygens (including phenoxy) is 3. The molecule has 170 valence electrons. The highest BCUT2D eigenvalue weighted by Crippen LogP contribution is 2.39. The molecule has 0 unspecified atom stereocenters. The van der Waals surface area contributed by atoms with Crippen LogP contribution in [-0.2, 0) is 6.54 Å². The maximum Gasteiger partial charge on any atom is 0.295 e. The van der Waals surface area contributed by atoms with Gasteiger partial charge in [0.2, 0.25) is 5.75 Å². The molecule has 0 N–H and O–H groups in total. The van der Waals surface area contributed by atoms with Gasteiger partial charge in [0, 0.05) is 17.1 Å². The van der Waals surface area contributed by atoms with Gasteiger partial charge in [0.15, 0.2) is 17.3 Å². The van der Waals surface area contributed by atoms with Crippen LogP contribution in [0.2, 0.25) is 0 Å². The summed E-state index contributed by atoms with van der Waals surface area (Å²) in [5.74, 6) is 2.02. The minimum Gasteiger partial charge on any atom is -0.493 e. The summed E-state index contributed by atoms with van der Waals surface area (Å²) in [6, 6.07) is 15.0. The Morgan fingerprint density at radius 1 is 0.970 bits per heavy atom. The van der Waals surface area contributed by atoms with Gasteiger partial charge < -0.3 is 18.6 Å². The van der Waals surface area contributed by atoms with Crippen LogP contribution in [-0.4, -0.2) is 32.2 Å². The van der Waals surface area contributed by atoms with E-state index < -0.39 is 0 Å². The second kappa shape index (κ2) is 9.24. The van der Waals surface area contributed by atoms with E-state index in [2.05, 4.69) is 4.98 Å². The molecule has 4 rings (SSSR count). The zero-order valence-corrected chi connectivity index (χ0v) is 19.3. The average Bonchev–Trinajstić information content (AvgIpc) is 3.17. The van der Waals surface area contributed by atoms with Crippen LogP contribution in [0, 0.1) is 13.8 Å². The Kier molecular flexibility index (Phi) is 6.22. The SMILES string of the molecule is COc1cc(CN(C(=O)c2oc3cc(C)ccc3c2C)c2ccccn2)cc(OC)c1OC. The number of carbonyl (C=O) groups is 1. The van der Waals surface area contributed by atoms with E-state index in [1.807, 2.05) is 50.2 Å². The first kappa shape index (κ1) is 22.2. The summed E-state index contributed by atoms with van der Waals surface area (Å²) < 4.78 is 22.4. The predicted molar refractivity (Wildman–Crippen MR) is 127 cm³/mol. The van der Waals surface area contributed by atoms with Crippen LogP contribution in [0.15, 0.2) is 59.1 Å². The van der Waals surface area contributed by atoms with Gasteiger partial charge >= 0.3 is 0 Å². The van der Waals surface area contributed by atoms with E-state index in [4.69, 9.17) is 18.6 Å². The number of hydrogen-bond donors (Lipinski definition) is 0. The highest BCUT2D eigenvalue weighted by atomic mass is 16.5. The molecule has 0 bridgehead atoms. The van der Waals surface area contributed by atoms with Crippen LogP contribution in [0.1, 0.15) is 27.2 Å². The molecule has 0 aliphatic carbocycles. The Hall–Kier alpha value is -4.00.